The van der Waals surface area contributed by atoms with E-state index < -0.39 is 0 Å². The quantitative estimate of drug-likeness (QED) is 0.504. The van der Waals surface area contributed by atoms with Gasteiger partial charge in [-0.1, -0.05) is 17.7 Å². The summed E-state index contributed by atoms with van der Waals surface area (Å²) < 4.78 is 7.00. The molecule has 0 radical (unpaired) electrons. The van der Waals surface area contributed by atoms with Crippen molar-refractivity contribution in [3.8, 4) is 11.5 Å². The molecule has 2 heteroatoms. The number of hydrogen-bond acceptors (Lipinski definition) is 2. The highest BCUT2D eigenvalue weighted by Crippen LogP contribution is 2.65. The van der Waals surface area contributed by atoms with E-state index in [-0.39, 0.29) is 0 Å². The Kier molecular flexibility index (Phi) is 3.71. The van der Waals surface area contributed by atoms with Gasteiger partial charge in [0.1, 0.15) is 5.76 Å². The zero-order valence-electron chi connectivity index (χ0n) is 19.6. The zero-order valence-corrected chi connectivity index (χ0v) is 19.6. The van der Waals surface area contributed by atoms with Crippen molar-refractivity contribution in [3.63, 3.8) is 0 Å². The molecule has 0 amide bonds. The molecule has 8 saturated carbocycles. The van der Waals surface area contributed by atoms with Gasteiger partial charge in [-0.25, -0.2) is 4.98 Å². The summed E-state index contributed by atoms with van der Waals surface area (Å²) in [7, 11) is 0. The van der Waals surface area contributed by atoms with E-state index in [1.165, 1.54) is 99.6 Å². The minimum Gasteiger partial charge on any atom is -0.440 e. The van der Waals surface area contributed by atoms with Crippen LogP contribution < -0.4 is 0 Å². The predicted octanol–water partition coefficient (Wildman–Crippen LogP) is 7.59. The molecule has 8 aliphatic rings. The Balaban J connectivity index is 1.30. The van der Waals surface area contributed by atoms with Crippen molar-refractivity contribution in [3.05, 3.63) is 41.3 Å². The van der Waals surface area contributed by atoms with Gasteiger partial charge >= 0.3 is 0 Å². The Labute approximate surface area is 192 Å². The van der Waals surface area contributed by atoms with Crippen LogP contribution in [0.5, 0.6) is 0 Å². The minimum atomic E-state index is 0.295. The van der Waals surface area contributed by atoms with Gasteiger partial charge in [-0.15, -0.1) is 0 Å². The number of oxazole rings is 1. The minimum absolute atomic E-state index is 0.295. The van der Waals surface area contributed by atoms with Gasteiger partial charge in [0.25, 0.3) is 0 Å². The highest BCUT2D eigenvalue weighted by atomic mass is 16.4. The average Bonchev–Trinajstić information content (AvgIpc) is 3.20. The molecule has 0 atom stereocenters. The van der Waals surface area contributed by atoms with Crippen LogP contribution >= 0.6 is 0 Å². The monoisotopic (exact) mass is 427 g/mol. The van der Waals surface area contributed by atoms with Gasteiger partial charge < -0.3 is 4.42 Å². The molecule has 1 aromatic heterocycles. The van der Waals surface area contributed by atoms with E-state index in [1.54, 1.807) is 0 Å². The molecule has 8 fully saturated rings. The van der Waals surface area contributed by atoms with Crippen LogP contribution in [0.2, 0.25) is 0 Å². The molecule has 0 N–H and O–H groups in total. The predicted molar refractivity (Wildman–Crippen MR) is 126 cm³/mol. The van der Waals surface area contributed by atoms with E-state index in [0.717, 1.165) is 41.4 Å². The molecular formula is C30H37NO. The Morgan fingerprint density at radius 1 is 0.656 bits per heavy atom. The van der Waals surface area contributed by atoms with Crippen LogP contribution in [0.1, 0.15) is 94.1 Å². The fraction of sp³-hybridized carbons (Fsp3) is 0.700. The van der Waals surface area contributed by atoms with E-state index in [0.29, 0.717) is 10.8 Å². The first-order valence-electron chi connectivity index (χ1n) is 13.6. The third-order valence-electron chi connectivity index (χ3n) is 11.0. The summed E-state index contributed by atoms with van der Waals surface area (Å²) in [6.45, 7) is 2.17. The third kappa shape index (κ3) is 2.62. The van der Waals surface area contributed by atoms with Crippen LogP contribution in [-0.2, 0) is 10.8 Å². The number of aromatic nitrogens is 1. The molecule has 8 bridgehead atoms. The van der Waals surface area contributed by atoms with Gasteiger partial charge in [0.15, 0.2) is 0 Å². The molecule has 10 rings (SSSR count). The summed E-state index contributed by atoms with van der Waals surface area (Å²) in [4.78, 5) is 5.49. The number of rotatable bonds is 3. The second-order valence-electron chi connectivity index (χ2n) is 13.5. The maximum Gasteiger partial charge on any atom is 0.226 e. The molecule has 1 heterocycles. The largest absolute Gasteiger partial charge is 0.440 e. The number of benzene rings is 1. The van der Waals surface area contributed by atoms with Gasteiger partial charge in [-0.2, -0.15) is 0 Å². The Morgan fingerprint density at radius 2 is 1.09 bits per heavy atom. The highest BCUT2D eigenvalue weighted by molar-refractivity contribution is 5.55. The lowest BCUT2D eigenvalue weighted by Crippen LogP contribution is -2.52. The standard InChI is InChI=1S/C30H37NO/c1-18-2-4-25(5-3-18)28-31-26(29-12-19-6-20(13-29)8-21(7-19)14-29)27(32-28)30-15-22-9-23(16-30)11-24(10-22)17-30/h2-5,19-24H,6-17H2,1H3. The smallest absolute Gasteiger partial charge is 0.226 e. The molecule has 2 aromatic rings. The van der Waals surface area contributed by atoms with Crippen molar-refractivity contribution in [1.29, 1.82) is 0 Å². The molecule has 1 aromatic carbocycles. The topological polar surface area (TPSA) is 26.0 Å². The molecular weight excluding hydrogens is 390 g/mol. The van der Waals surface area contributed by atoms with Gasteiger partial charge in [0, 0.05) is 16.4 Å². The van der Waals surface area contributed by atoms with E-state index in [4.69, 9.17) is 9.40 Å². The summed E-state index contributed by atoms with van der Waals surface area (Å²) in [5, 5.41) is 0. The lowest BCUT2D eigenvalue weighted by atomic mass is 9.46. The molecule has 0 unspecified atom stereocenters. The fourth-order valence-electron chi connectivity index (χ4n) is 10.6. The van der Waals surface area contributed by atoms with Crippen molar-refractivity contribution in [1.82, 2.24) is 4.98 Å². The van der Waals surface area contributed by atoms with Crippen molar-refractivity contribution < 1.29 is 4.42 Å². The maximum absolute atomic E-state index is 7.00. The van der Waals surface area contributed by atoms with E-state index in [9.17, 15) is 0 Å². The average molecular weight is 428 g/mol. The SMILES string of the molecule is Cc1ccc(-c2nc(C34CC5CC(CC(C5)C3)C4)c(C34CC5CC(CC(C5)C3)C4)o2)cc1. The Morgan fingerprint density at radius 3 is 1.56 bits per heavy atom. The highest BCUT2D eigenvalue weighted by Gasteiger charge is 2.59. The molecule has 32 heavy (non-hydrogen) atoms. The van der Waals surface area contributed by atoms with E-state index in [2.05, 4.69) is 31.2 Å². The fourth-order valence-corrected chi connectivity index (χ4v) is 10.6. The first-order chi connectivity index (χ1) is 15.6. The van der Waals surface area contributed by atoms with Gasteiger partial charge in [-0.3, -0.25) is 0 Å². The lowest BCUT2D eigenvalue weighted by Gasteiger charge is -2.58. The molecule has 8 aliphatic carbocycles. The first kappa shape index (κ1) is 18.8. The van der Waals surface area contributed by atoms with Crippen LogP contribution in [0, 0.1) is 42.4 Å². The zero-order chi connectivity index (χ0) is 21.1. The van der Waals surface area contributed by atoms with Crippen LogP contribution in [0.15, 0.2) is 28.7 Å². The Hall–Kier alpha value is -1.57. The summed E-state index contributed by atoms with van der Waals surface area (Å²) >= 11 is 0. The maximum atomic E-state index is 7.00. The Bertz CT molecular complexity index is 927. The summed E-state index contributed by atoms with van der Waals surface area (Å²) in [5.41, 5.74) is 4.55. The van der Waals surface area contributed by atoms with Gasteiger partial charge in [0.05, 0.1) is 5.69 Å². The van der Waals surface area contributed by atoms with Crippen LogP contribution in [0.3, 0.4) is 0 Å². The lowest BCUT2D eigenvalue weighted by molar-refractivity contribution is -0.0256. The van der Waals surface area contributed by atoms with Gasteiger partial charge in [-0.05, 0) is 132 Å². The van der Waals surface area contributed by atoms with Crippen LogP contribution in [0.4, 0.5) is 0 Å². The van der Waals surface area contributed by atoms with E-state index in [1.807, 2.05) is 0 Å². The molecule has 0 aliphatic heterocycles. The van der Waals surface area contributed by atoms with Gasteiger partial charge in [0.2, 0.25) is 5.89 Å². The van der Waals surface area contributed by atoms with Crippen LogP contribution in [-0.4, -0.2) is 4.98 Å². The number of hydrogen-bond donors (Lipinski definition) is 0. The third-order valence-corrected chi connectivity index (χ3v) is 11.0. The number of aryl methyl sites for hydroxylation is 1. The summed E-state index contributed by atoms with van der Waals surface area (Å²) in [5.74, 6) is 7.98. The second-order valence-corrected chi connectivity index (χ2v) is 13.5. The van der Waals surface area contributed by atoms with Crippen molar-refractivity contribution >= 4 is 0 Å². The molecule has 0 saturated heterocycles. The molecule has 0 spiro atoms. The summed E-state index contributed by atoms with van der Waals surface area (Å²) in [6.07, 6.45) is 17.2. The van der Waals surface area contributed by atoms with E-state index >= 15 is 0 Å². The molecule has 168 valence electrons. The van der Waals surface area contributed by atoms with Crippen molar-refractivity contribution in [2.45, 2.75) is 94.8 Å². The normalized spacial score (nSPS) is 45.7. The number of nitrogens with zero attached hydrogens (tertiary/aromatic N) is 1. The van der Waals surface area contributed by atoms with Crippen LogP contribution in [0.25, 0.3) is 11.5 Å². The second kappa shape index (κ2) is 6.30. The molecule has 2 nitrogen and oxygen atoms in total. The first-order valence-corrected chi connectivity index (χ1v) is 13.6. The van der Waals surface area contributed by atoms with Crippen molar-refractivity contribution in [2.24, 2.45) is 35.5 Å². The summed E-state index contributed by atoms with van der Waals surface area (Å²) in [6, 6.07) is 8.89. The van der Waals surface area contributed by atoms with Crippen molar-refractivity contribution in [2.75, 3.05) is 0 Å².